The number of methoxy groups -OCH3 is 1. The third kappa shape index (κ3) is 5.92. The second-order valence-electron chi connectivity index (χ2n) is 3.83. The van der Waals surface area contributed by atoms with Crippen LogP contribution in [0.25, 0.3) is 0 Å². The maximum absolute atomic E-state index is 11.7. The van der Waals surface area contributed by atoms with Gasteiger partial charge in [-0.2, -0.15) is 0 Å². The summed E-state index contributed by atoms with van der Waals surface area (Å²) in [6, 6.07) is 4.66. The Hall–Kier alpha value is -1.30. The Balaban J connectivity index is 2.24. The molecule has 0 saturated heterocycles. The van der Waals surface area contributed by atoms with Crippen LogP contribution in [0.5, 0.6) is 0 Å². The molecule has 0 bridgehead atoms. The lowest BCUT2D eigenvalue weighted by atomic mass is 10.2. The molecule has 0 aliphatic carbocycles. The molecule has 19 heavy (non-hydrogen) atoms. The zero-order valence-electron chi connectivity index (χ0n) is 10.9. The molecular weight excluding hydrogens is 270 g/mol. The van der Waals surface area contributed by atoms with Crippen molar-refractivity contribution >= 4 is 23.3 Å². The lowest BCUT2D eigenvalue weighted by molar-refractivity contribution is 0.0288. The van der Waals surface area contributed by atoms with Crippen LogP contribution in [0.15, 0.2) is 18.2 Å². The van der Waals surface area contributed by atoms with E-state index in [0.29, 0.717) is 31.1 Å². The average molecular weight is 288 g/mol. The summed E-state index contributed by atoms with van der Waals surface area (Å²) < 4.78 is 15.2. The molecule has 0 fully saturated rings. The number of nitrogens with two attached hydrogens (primary N) is 1. The van der Waals surface area contributed by atoms with Gasteiger partial charge in [-0.1, -0.05) is 11.6 Å². The highest BCUT2D eigenvalue weighted by Crippen LogP contribution is 2.19. The van der Waals surface area contributed by atoms with Gasteiger partial charge in [0.15, 0.2) is 0 Å². The Morgan fingerprint density at radius 3 is 2.74 bits per heavy atom. The Morgan fingerprint density at radius 2 is 2.05 bits per heavy atom. The minimum atomic E-state index is -0.481. The number of hydrogen-bond donors (Lipinski definition) is 1. The lowest BCUT2D eigenvalue weighted by Gasteiger charge is -2.07. The number of rotatable bonds is 8. The third-order valence-electron chi connectivity index (χ3n) is 2.31. The Kier molecular flexibility index (Phi) is 7.25. The second kappa shape index (κ2) is 8.74. The summed E-state index contributed by atoms with van der Waals surface area (Å²) in [7, 11) is 1.64. The SMILES string of the molecule is COCCCOCCOC(=O)c1ccc(N)cc1Cl. The summed E-state index contributed by atoms with van der Waals surface area (Å²) in [5, 5.41) is 0.283. The molecule has 0 aromatic heterocycles. The first-order valence-corrected chi connectivity index (χ1v) is 6.31. The highest BCUT2D eigenvalue weighted by atomic mass is 35.5. The fourth-order valence-corrected chi connectivity index (χ4v) is 1.64. The normalized spacial score (nSPS) is 10.4. The van der Waals surface area contributed by atoms with E-state index >= 15 is 0 Å². The molecular formula is C13H18ClNO4. The van der Waals surface area contributed by atoms with Crippen LogP contribution in [0, 0.1) is 0 Å². The maximum Gasteiger partial charge on any atom is 0.339 e. The molecule has 0 aliphatic rings. The molecule has 0 spiro atoms. The van der Waals surface area contributed by atoms with E-state index in [0.717, 1.165) is 6.42 Å². The van der Waals surface area contributed by atoms with Gasteiger partial charge in [0.2, 0.25) is 0 Å². The number of ether oxygens (including phenoxy) is 3. The van der Waals surface area contributed by atoms with Crippen LogP contribution in [0.2, 0.25) is 5.02 Å². The van der Waals surface area contributed by atoms with Gasteiger partial charge in [-0.05, 0) is 24.6 Å². The van der Waals surface area contributed by atoms with Crippen LogP contribution in [-0.2, 0) is 14.2 Å². The van der Waals surface area contributed by atoms with Gasteiger partial charge in [0, 0.05) is 26.0 Å². The van der Waals surface area contributed by atoms with Crippen molar-refractivity contribution in [2.24, 2.45) is 0 Å². The summed E-state index contributed by atoms with van der Waals surface area (Å²) in [4.78, 5) is 11.7. The van der Waals surface area contributed by atoms with Crippen LogP contribution in [-0.4, -0.2) is 39.5 Å². The Bertz CT molecular complexity index is 412. The van der Waals surface area contributed by atoms with Crippen molar-refractivity contribution in [3.05, 3.63) is 28.8 Å². The van der Waals surface area contributed by atoms with Crippen LogP contribution >= 0.6 is 11.6 Å². The average Bonchev–Trinajstić information content (AvgIpc) is 2.37. The molecule has 0 unspecified atom stereocenters. The summed E-state index contributed by atoms with van der Waals surface area (Å²) in [5.74, 6) is -0.481. The van der Waals surface area contributed by atoms with Gasteiger partial charge < -0.3 is 19.9 Å². The fourth-order valence-electron chi connectivity index (χ4n) is 1.38. The van der Waals surface area contributed by atoms with E-state index < -0.39 is 5.97 Å². The Morgan fingerprint density at radius 1 is 1.26 bits per heavy atom. The first-order chi connectivity index (χ1) is 9.15. The number of nitrogen functional groups attached to an aromatic ring is 1. The molecule has 5 nitrogen and oxygen atoms in total. The first kappa shape index (κ1) is 15.8. The van der Waals surface area contributed by atoms with Crippen molar-refractivity contribution in [2.75, 3.05) is 39.3 Å². The second-order valence-corrected chi connectivity index (χ2v) is 4.24. The van der Waals surface area contributed by atoms with Crippen LogP contribution in [0.3, 0.4) is 0 Å². The molecule has 0 saturated carbocycles. The molecule has 0 aliphatic heterocycles. The highest BCUT2D eigenvalue weighted by Gasteiger charge is 2.11. The van der Waals surface area contributed by atoms with Gasteiger partial charge in [-0.3, -0.25) is 0 Å². The zero-order chi connectivity index (χ0) is 14.1. The minimum absolute atomic E-state index is 0.187. The molecule has 1 aromatic carbocycles. The van der Waals surface area contributed by atoms with Crippen molar-refractivity contribution in [1.82, 2.24) is 0 Å². The summed E-state index contributed by atoms with van der Waals surface area (Å²) in [5.41, 5.74) is 6.34. The van der Waals surface area contributed by atoms with Crippen molar-refractivity contribution in [1.29, 1.82) is 0 Å². The number of hydrogen-bond acceptors (Lipinski definition) is 5. The van der Waals surface area contributed by atoms with E-state index in [1.54, 1.807) is 19.2 Å². The van der Waals surface area contributed by atoms with Crippen molar-refractivity contribution in [3.8, 4) is 0 Å². The zero-order valence-corrected chi connectivity index (χ0v) is 11.6. The molecule has 0 heterocycles. The highest BCUT2D eigenvalue weighted by molar-refractivity contribution is 6.33. The van der Waals surface area contributed by atoms with Crippen molar-refractivity contribution in [3.63, 3.8) is 0 Å². The van der Waals surface area contributed by atoms with Crippen molar-refractivity contribution < 1.29 is 19.0 Å². The topological polar surface area (TPSA) is 70.8 Å². The molecule has 0 radical (unpaired) electrons. The molecule has 1 rings (SSSR count). The van der Waals surface area contributed by atoms with Gasteiger partial charge in [0.05, 0.1) is 17.2 Å². The van der Waals surface area contributed by atoms with E-state index in [-0.39, 0.29) is 11.6 Å². The Labute approximate surface area is 117 Å². The van der Waals surface area contributed by atoms with E-state index in [1.165, 1.54) is 6.07 Å². The lowest BCUT2D eigenvalue weighted by Crippen LogP contribution is -2.12. The smallest absolute Gasteiger partial charge is 0.339 e. The van der Waals surface area contributed by atoms with E-state index in [9.17, 15) is 4.79 Å². The van der Waals surface area contributed by atoms with Gasteiger partial charge in [0.1, 0.15) is 6.61 Å². The van der Waals surface area contributed by atoms with Crippen LogP contribution < -0.4 is 5.73 Å². The van der Waals surface area contributed by atoms with E-state index in [4.69, 9.17) is 31.5 Å². The summed E-state index contributed by atoms with van der Waals surface area (Å²) >= 11 is 5.90. The molecule has 0 amide bonds. The predicted octanol–water partition coefficient (Wildman–Crippen LogP) is 2.13. The fraction of sp³-hybridized carbons (Fsp3) is 0.462. The third-order valence-corrected chi connectivity index (χ3v) is 2.62. The van der Waals surface area contributed by atoms with Crippen molar-refractivity contribution in [2.45, 2.75) is 6.42 Å². The van der Waals surface area contributed by atoms with E-state index in [2.05, 4.69) is 0 Å². The molecule has 6 heteroatoms. The number of halogens is 1. The molecule has 106 valence electrons. The number of esters is 1. The predicted molar refractivity (Wildman–Crippen MR) is 73.5 cm³/mol. The minimum Gasteiger partial charge on any atom is -0.460 e. The monoisotopic (exact) mass is 287 g/mol. The maximum atomic E-state index is 11.7. The summed E-state index contributed by atoms with van der Waals surface area (Å²) in [6.45, 7) is 1.77. The molecule has 1 aromatic rings. The standard InChI is InChI=1S/C13H18ClNO4/c1-17-5-2-6-18-7-8-19-13(16)11-4-3-10(15)9-12(11)14/h3-4,9H,2,5-8,15H2,1H3. The number of benzene rings is 1. The first-order valence-electron chi connectivity index (χ1n) is 5.94. The van der Waals surface area contributed by atoms with Gasteiger partial charge in [-0.25, -0.2) is 4.79 Å². The van der Waals surface area contributed by atoms with Crippen LogP contribution in [0.4, 0.5) is 5.69 Å². The number of carbonyl (C=O) groups is 1. The molecule has 2 N–H and O–H groups in total. The van der Waals surface area contributed by atoms with E-state index in [1.807, 2.05) is 0 Å². The number of carbonyl (C=O) groups excluding carboxylic acids is 1. The largest absolute Gasteiger partial charge is 0.460 e. The summed E-state index contributed by atoms with van der Waals surface area (Å²) in [6.07, 6.45) is 0.814. The number of anilines is 1. The van der Waals surface area contributed by atoms with Gasteiger partial charge in [0.25, 0.3) is 0 Å². The quantitative estimate of drug-likeness (QED) is 0.450. The molecule has 0 atom stereocenters. The van der Waals surface area contributed by atoms with Crippen LogP contribution in [0.1, 0.15) is 16.8 Å². The van der Waals surface area contributed by atoms with Gasteiger partial charge in [-0.15, -0.1) is 0 Å². The van der Waals surface area contributed by atoms with Gasteiger partial charge >= 0.3 is 5.97 Å².